The van der Waals surface area contributed by atoms with Gasteiger partial charge in [0.15, 0.2) is 0 Å². The summed E-state index contributed by atoms with van der Waals surface area (Å²) in [6, 6.07) is 23.5. The van der Waals surface area contributed by atoms with Gasteiger partial charge in [-0.05, 0) is 49.1 Å². The van der Waals surface area contributed by atoms with Crippen molar-refractivity contribution in [1.82, 2.24) is 10.2 Å². The highest BCUT2D eigenvalue weighted by Crippen LogP contribution is 2.24. The van der Waals surface area contributed by atoms with Gasteiger partial charge in [0.2, 0.25) is 21.8 Å². The van der Waals surface area contributed by atoms with Gasteiger partial charge in [-0.2, -0.15) is 0 Å². The zero-order chi connectivity index (χ0) is 28.7. The predicted molar refractivity (Wildman–Crippen MR) is 162 cm³/mol. The zero-order valence-electron chi connectivity index (χ0n) is 22.9. The number of amides is 2. The molecular weight excluding hydrogens is 590 g/mol. The number of hydrogen-bond acceptors (Lipinski definition) is 4. The number of aryl methyl sites for hydroxylation is 1. The number of hydrogen-bond donors (Lipinski definition) is 1. The third-order valence-electron chi connectivity index (χ3n) is 7.22. The Morgan fingerprint density at radius 3 is 2.25 bits per heavy atom. The Morgan fingerprint density at radius 2 is 1.62 bits per heavy atom. The molecule has 0 saturated heterocycles. The summed E-state index contributed by atoms with van der Waals surface area (Å²) in [5, 5.41) is 3.18. The fourth-order valence-corrected chi connectivity index (χ4v) is 6.29. The number of sulfonamides is 1. The standard InChI is InChI=1S/C31H36BrN3O4S/c1-23-15-17-25(18-16-23)21-34(30(36)22-35(40(2,38)39)28-14-8-11-26(32)20-28)29(19-24-9-4-3-5-10-24)31(37)33-27-12-6-7-13-27/h3-5,8-11,14-18,20,27,29H,6-7,12-13,19,21-22H2,1-2H3,(H,33,37)/t29-/m0/s1. The van der Waals surface area contributed by atoms with Gasteiger partial charge in [0, 0.05) is 23.5 Å². The van der Waals surface area contributed by atoms with E-state index in [1.54, 1.807) is 24.3 Å². The fourth-order valence-electron chi connectivity index (χ4n) is 5.06. The Kier molecular flexibility index (Phi) is 10.0. The molecule has 1 fully saturated rings. The molecule has 3 aromatic carbocycles. The lowest BCUT2D eigenvalue weighted by atomic mass is 10.0. The highest BCUT2D eigenvalue weighted by Gasteiger charge is 2.34. The lowest BCUT2D eigenvalue weighted by Crippen LogP contribution is -2.54. The van der Waals surface area contributed by atoms with Crippen LogP contribution in [0.15, 0.2) is 83.3 Å². The van der Waals surface area contributed by atoms with E-state index >= 15 is 0 Å². The molecule has 0 radical (unpaired) electrons. The summed E-state index contributed by atoms with van der Waals surface area (Å²) in [5.41, 5.74) is 3.23. The van der Waals surface area contributed by atoms with E-state index in [2.05, 4.69) is 21.2 Å². The Morgan fingerprint density at radius 1 is 0.950 bits per heavy atom. The summed E-state index contributed by atoms with van der Waals surface area (Å²) in [6.45, 7) is 1.73. The van der Waals surface area contributed by atoms with Gasteiger partial charge >= 0.3 is 0 Å². The van der Waals surface area contributed by atoms with Crippen LogP contribution < -0.4 is 9.62 Å². The molecule has 7 nitrogen and oxygen atoms in total. The second kappa shape index (κ2) is 13.5. The summed E-state index contributed by atoms with van der Waals surface area (Å²) in [5.74, 6) is -0.668. The van der Waals surface area contributed by atoms with Gasteiger partial charge < -0.3 is 10.2 Å². The van der Waals surface area contributed by atoms with Gasteiger partial charge in [0.1, 0.15) is 12.6 Å². The van der Waals surface area contributed by atoms with E-state index in [-0.39, 0.29) is 18.5 Å². The van der Waals surface area contributed by atoms with Gasteiger partial charge in [-0.25, -0.2) is 8.42 Å². The highest BCUT2D eigenvalue weighted by atomic mass is 79.9. The summed E-state index contributed by atoms with van der Waals surface area (Å²) < 4.78 is 27.6. The molecule has 0 spiro atoms. The first-order valence-electron chi connectivity index (χ1n) is 13.5. The minimum atomic E-state index is -3.80. The smallest absolute Gasteiger partial charge is 0.244 e. The first kappa shape index (κ1) is 29.8. The molecule has 2 amide bonds. The van der Waals surface area contributed by atoms with Gasteiger partial charge in [-0.3, -0.25) is 13.9 Å². The first-order valence-corrected chi connectivity index (χ1v) is 16.2. The van der Waals surface area contributed by atoms with Gasteiger partial charge in [0.05, 0.1) is 11.9 Å². The SMILES string of the molecule is Cc1ccc(CN(C(=O)CN(c2cccc(Br)c2)S(C)(=O)=O)[C@@H](Cc2ccccc2)C(=O)NC2CCCC2)cc1. The molecule has 0 unspecified atom stereocenters. The van der Waals surface area contributed by atoms with Crippen molar-refractivity contribution in [2.45, 2.75) is 57.7 Å². The van der Waals surface area contributed by atoms with Crippen molar-refractivity contribution < 1.29 is 18.0 Å². The highest BCUT2D eigenvalue weighted by molar-refractivity contribution is 9.10. The molecule has 3 aromatic rings. The third-order valence-corrected chi connectivity index (χ3v) is 8.86. The second-order valence-electron chi connectivity index (χ2n) is 10.5. The number of nitrogens with one attached hydrogen (secondary N) is 1. The van der Waals surface area contributed by atoms with Gasteiger partial charge in [0.25, 0.3) is 0 Å². The Balaban J connectivity index is 1.72. The predicted octanol–water partition coefficient (Wildman–Crippen LogP) is 5.22. The van der Waals surface area contributed by atoms with E-state index in [1.807, 2.05) is 61.5 Å². The lowest BCUT2D eigenvalue weighted by Gasteiger charge is -2.34. The van der Waals surface area contributed by atoms with Crippen molar-refractivity contribution in [2.75, 3.05) is 17.1 Å². The zero-order valence-corrected chi connectivity index (χ0v) is 25.3. The quantitative estimate of drug-likeness (QED) is 0.316. The van der Waals surface area contributed by atoms with Crippen LogP contribution in [0.1, 0.15) is 42.4 Å². The van der Waals surface area contributed by atoms with Crippen molar-refractivity contribution in [3.63, 3.8) is 0 Å². The molecular formula is C31H36BrN3O4S. The normalized spacial score (nSPS) is 14.5. The van der Waals surface area contributed by atoms with Crippen LogP contribution in [-0.2, 0) is 32.6 Å². The van der Waals surface area contributed by atoms with Crippen LogP contribution in [0.3, 0.4) is 0 Å². The average molecular weight is 627 g/mol. The molecule has 1 atom stereocenters. The number of benzene rings is 3. The van der Waals surface area contributed by atoms with E-state index < -0.39 is 28.5 Å². The monoisotopic (exact) mass is 625 g/mol. The molecule has 9 heteroatoms. The third kappa shape index (κ3) is 8.17. The average Bonchev–Trinajstić information content (AvgIpc) is 3.43. The van der Waals surface area contributed by atoms with Crippen LogP contribution in [0, 0.1) is 6.92 Å². The van der Waals surface area contributed by atoms with Crippen LogP contribution in [-0.4, -0.2) is 50.0 Å². The maximum atomic E-state index is 14.1. The molecule has 40 heavy (non-hydrogen) atoms. The van der Waals surface area contributed by atoms with Crippen LogP contribution >= 0.6 is 15.9 Å². The maximum absolute atomic E-state index is 14.1. The lowest BCUT2D eigenvalue weighted by molar-refractivity contribution is -0.140. The van der Waals surface area contributed by atoms with E-state index in [4.69, 9.17) is 0 Å². The maximum Gasteiger partial charge on any atom is 0.244 e. The fraction of sp³-hybridized carbons (Fsp3) is 0.355. The molecule has 1 saturated carbocycles. The van der Waals surface area contributed by atoms with E-state index in [9.17, 15) is 18.0 Å². The number of halogens is 1. The molecule has 4 rings (SSSR count). The minimum absolute atomic E-state index is 0.0799. The van der Waals surface area contributed by atoms with Crippen molar-refractivity contribution in [3.8, 4) is 0 Å². The summed E-state index contributed by atoms with van der Waals surface area (Å²) in [6.07, 6.45) is 5.36. The van der Waals surface area contributed by atoms with Crippen molar-refractivity contribution in [1.29, 1.82) is 0 Å². The molecule has 0 aromatic heterocycles. The largest absolute Gasteiger partial charge is 0.352 e. The second-order valence-corrected chi connectivity index (χ2v) is 13.3. The van der Waals surface area contributed by atoms with Crippen molar-refractivity contribution >= 4 is 43.5 Å². The molecule has 0 bridgehead atoms. The number of anilines is 1. The first-order chi connectivity index (χ1) is 19.1. The summed E-state index contributed by atoms with van der Waals surface area (Å²) in [4.78, 5) is 29.5. The molecule has 212 valence electrons. The molecule has 1 aliphatic carbocycles. The van der Waals surface area contributed by atoms with Crippen LogP contribution in [0.2, 0.25) is 0 Å². The Labute approximate surface area is 245 Å². The molecule has 1 aliphatic rings. The number of nitrogens with zero attached hydrogens (tertiary/aromatic N) is 2. The van der Waals surface area contributed by atoms with Crippen molar-refractivity contribution in [2.24, 2.45) is 0 Å². The van der Waals surface area contributed by atoms with Crippen LogP contribution in [0.4, 0.5) is 5.69 Å². The Bertz CT molecular complexity index is 1410. The molecule has 1 N–H and O–H groups in total. The van der Waals surface area contributed by atoms with E-state index in [0.717, 1.165) is 52.9 Å². The topological polar surface area (TPSA) is 86.8 Å². The van der Waals surface area contributed by atoms with Crippen LogP contribution in [0.25, 0.3) is 0 Å². The number of rotatable bonds is 11. The molecule has 0 aliphatic heterocycles. The summed E-state index contributed by atoms with van der Waals surface area (Å²) in [7, 11) is -3.80. The Hall–Kier alpha value is -3.17. The molecule has 0 heterocycles. The van der Waals surface area contributed by atoms with Gasteiger partial charge in [-0.15, -0.1) is 0 Å². The van der Waals surface area contributed by atoms with E-state index in [0.29, 0.717) is 16.6 Å². The minimum Gasteiger partial charge on any atom is -0.352 e. The van der Waals surface area contributed by atoms with Crippen LogP contribution in [0.5, 0.6) is 0 Å². The summed E-state index contributed by atoms with van der Waals surface area (Å²) >= 11 is 3.39. The number of carbonyl (C=O) groups is 2. The van der Waals surface area contributed by atoms with Gasteiger partial charge in [-0.1, -0.05) is 95.0 Å². The number of carbonyl (C=O) groups excluding carboxylic acids is 2. The van der Waals surface area contributed by atoms with Crippen molar-refractivity contribution in [3.05, 3.63) is 100 Å². The van der Waals surface area contributed by atoms with E-state index in [1.165, 1.54) is 4.90 Å².